The molecule has 0 aromatic carbocycles. The molecule has 0 spiro atoms. The Morgan fingerprint density at radius 2 is 2.43 bits per heavy atom. The lowest BCUT2D eigenvalue weighted by atomic mass is 9.96. The van der Waals surface area contributed by atoms with Gasteiger partial charge in [-0.25, -0.2) is 0 Å². The summed E-state index contributed by atoms with van der Waals surface area (Å²) in [6.07, 6.45) is -2.04. The Morgan fingerprint density at radius 1 is 1.86 bits per heavy atom. The zero-order valence-electron chi connectivity index (χ0n) is 11.1. The van der Waals surface area contributed by atoms with Crippen molar-refractivity contribution in [3.05, 3.63) is 0 Å². The van der Waals surface area contributed by atoms with Crippen LogP contribution in [0.3, 0.4) is 0 Å². The van der Waals surface area contributed by atoms with Crippen LogP contribution in [0.25, 0.3) is 0 Å². The van der Waals surface area contributed by atoms with Gasteiger partial charge in [-0.1, -0.05) is 34.0 Å². The van der Waals surface area contributed by atoms with Crippen LogP contribution >= 0.6 is 0 Å². The van der Waals surface area contributed by atoms with Gasteiger partial charge in [0.05, 0.1) is 0 Å². The lowest BCUT2D eigenvalue weighted by Gasteiger charge is -2.10. The summed E-state index contributed by atoms with van der Waals surface area (Å²) in [5.74, 6) is -2.60. The summed E-state index contributed by atoms with van der Waals surface area (Å²) in [5.41, 5.74) is 0. The van der Waals surface area contributed by atoms with Gasteiger partial charge in [0.25, 0.3) is 0 Å². The zero-order chi connectivity index (χ0) is 11.1. The molecule has 0 aliphatic rings. The first-order valence-corrected chi connectivity index (χ1v) is 2.44. The van der Waals surface area contributed by atoms with Gasteiger partial charge in [0.15, 0.2) is 0 Å². The topological polar surface area (TPSA) is 0 Å². The maximum atomic E-state index is 7.74. The zero-order valence-corrected chi connectivity index (χ0v) is 5.08. The van der Waals surface area contributed by atoms with E-state index < -0.39 is 25.0 Å². The van der Waals surface area contributed by atoms with Crippen LogP contribution < -0.4 is 0 Å². The van der Waals surface area contributed by atoms with Crippen LogP contribution in [0, 0.1) is 11.8 Å². The standard InChI is InChI=1S/C7H16/c1-5-7(4)6(2)3/h6-7H,5H2,1-4H3/t7-/m0/s1/i4D3,5D2,7D. The van der Waals surface area contributed by atoms with E-state index in [1.165, 1.54) is 0 Å². The van der Waals surface area contributed by atoms with Crippen molar-refractivity contribution in [1.29, 1.82) is 0 Å². The van der Waals surface area contributed by atoms with E-state index in [2.05, 4.69) is 0 Å². The normalized spacial score (nSPS) is 36.0. The molecule has 44 valence electrons. The second kappa shape index (κ2) is 3.06. The highest BCUT2D eigenvalue weighted by Gasteiger charge is 2.01. The van der Waals surface area contributed by atoms with Gasteiger partial charge in [0.1, 0.15) is 0 Å². The third-order valence-corrected chi connectivity index (χ3v) is 0.847. The molecule has 0 bridgehead atoms. The minimum atomic E-state index is -2.60. The highest BCUT2D eigenvalue weighted by atomic mass is 14.1. The first kappa shape index (κ1) is 1.75. The van der Waals surface area contributed by atoms with E-state index in [1.807, 2.05) is 0 Å². The van der Waals surface area contributed by atoms with E-state index >= 15 is 0 Å². The third-order valence-electron chi connectivity index (χ3n) is 0.847. The van der Waals surface area contributed by atoms with Crippen molar-refractivity contribution in [3.63, 3.8) is 0 Å². The molecule has 0 heteroatoms. The monoisotopic (exact) mass is 106 g/mol. The Morgan fingerprint density at radius 3 is 2.43 bits per heavy atom. The van der Waals surface area contributed by atoms with E-state index in [9.17, 15) is 0 Å². The molecule has 1 atom stereocenters. The SMILES string of the molecule is [2H]C([2H])([2H])[C@]([2H])(C(C)C)C([2H])([2H])C. The van der Waals surface area contributed by atoms with Gasteiger partial charge >= 0.3 is 0 Å². The lowest BCUT2D eigenvalue weighted by Crippen LogP contribution is -2.00. The van der Waals surface area contributed by atoms with E-state index in [0.29, 0.717) is 0 Å². The van der Waals surface area contributed by atoms with Crippen LogP contribution in [0.1, 0.15) is 42.2 Å². The Balaban J connectivity index is 5.22. The van der Waals surface area contributed by atoms with E-state index in [4.69, 9.17) is 8.22 Å². The van der Waals surface area contributed by atoms with E-state index in [1.54, 1.807) is 13.8 Å². The number of hydrogen-bond donors (Lipinski definition) is 0. The predicted molar refractivity (Wildman–Crippen MR) is 34.3 cm³/mol. The van der Waals surface area contributed by atoms with Crippen molar-refractivity contribution in [1.82, 2.24) is 0 Å². The summed E-state index contributed by atoms with van der Waals surface area (Å²) >= 11 is 0. The molecule has 7 heavy (non-hydrogen) atoms. The molecular formula is C7H16. The fourth-order valence-corrected chi connectivity index (χ4v) is 0.289. The molecule has 0 rings (SSSR count). The van der Waals surface area contributed by atoms with Crippen LogP contribution in [-0.4, -0.2) is 0 Å². The summed E-state index contributed by atoms with van der Waals surface area (Å²) in [6.45, 7) is 1.66. The molecule has 0 unspecified atom stereocenters. The Kier molecular flexibility index (Phi) is 0.765. The van der Waals surface area contributed by atoms with Crippen molar-refractivity contribution in [3.8, 4) is 0 Å². The van der Waals surface area contributed by atoms with Gasteiger partial charge in [0.2, 0.25) is 0 Å². The molecule has 0 radical (unpaired) electrons. The van der Waals surface area contributed by atoms with Crippen molar-refractivity contribution in [2.75, 3.05) is 0 Å². The Bertz CT molecular complexity index is 160. The molecule has 0 N–H and O–H groups in total. The quantitative estimate of drug-likeness (QED) is 0.507. The molecule has 0 fully saturated rings. The van der Waals surface area contributed by atoms with Crippen molar-refractivity contribution >= 4 is 0 Å². The average molecular weight is 106 g/mol. The second-order valence-corrected chi connectivity index (χ2v) is 1.82. The van der Waals surface area contributed by atoms with Gasteiger partial charge in [-0.05, 0) is 11.8 Å². The van der Waals surface area contributed by atoms with E-state index in [-0.39, 0.29) is 0 Å². The molecule has 0 saturated carbocycles. The van der Waals surface area contributed by atoms with Crippen molar-refractivity contribution in [2.45, 2.75) is 34.0 Å². The minimum absolute atomic E-state index is 0.556. The summed E-state index contributed by atoms with van der Waals surface area (Å²) in [5, 5.41) is 0. The summed E-state index contributed by atoms with van der Waals surface area (Å²) in [6, 6.07) is 0. The fraction of sp³-hybridized carbons (Fsp3) is 1.00. The maximum Gasteiger partial charge on any atom is 0.0302 e. The van der Waals surface area contributed by atoms with Crippen LogP contribution in [0.2, 0.25) is 0 Å². The molecular weight excluding hydrogens is 84.1 g/mol. The molecule has 0 amide bonds. The van der Waals surface area contributed by atoms with Gasteiger partial charge in [-0.15, -0.1) is 0 Å². The highest BCUT2D eigenvalue weighted by Crippen LogP contribution is 2.11. The summed E-state index contributed by atoms with van der Waals surface area (Å²) in [7, 11) is 0. The Hall–Kier alpha value is 0. The van der Waals surface area contributed by atoms with E-state index in [0.717, 1.165) is 6.92 Å². The highest BCUT2D eigenvalue weighted by molar-refractivity contribution is 4.52. The molecule has 0 aromatic rings. The predicted octanol–water partition coefficient (Wildman–Crippen LogP) is 2.69. The van der Waals surface area contributed by atoms with Gasteiger partial charge in [-0.2, -0.15) is 0 Å². The second-order valence-electron chi connectivity index (χ2n) is 1.82. The molecule has 0 aromatic heterocycles. The minimum Gasteiger partial charge on any atom is -0.0651 e. The Labute approximate surface area is 55.4 Å². The smallest absolute Gasteiger partial charge is 0.0302 e. The largest absolute Gasteiger partial charge is 0.0651 e. The molecule has 0 nitrogen and oxygen atoms in total. The first-order chi connectivity index (χ1) is 5.44. The maximum absolute atomic E-state index is 7.74. The van der Waals surface area contributed by atoms with Crippen LogP contribution in [0.5, 0.6) is 0 Å². The lowest BCUT2D eigenvalue weighted by molar-refractivity contribution is 0.407. The van der Waals surface area contributed by atoms with Crippen molar-refractivity contribution in [2.24, 2.45) is 11.8 Å². The summed E-state index contributed by atoms with van der Waals surface area (Å²) in [4.78, 5) is 0. The molecule has 0 aliphatic carbocycles. The molecule has 0 aliphatic heterocycles. The van der Waals surface area contributed by atoms with Gasteiger partial charge in [-0.3, -0.25) is 0 Å². The molecule has 0 saturated heterocycles. The molecule has 0 heterocycles. The van der Waals surface area contributed by atoms with Crippen molar-refractivity contribution < 1.29 is 8.22 Å². The fourth-order valence-electron chi connectivity index (χ4n) is 0.289. The van der Waals surface area contributed by atoms with Crippen LogP contribution in [0.15, 0.2) is 0 Å². The number of hydrogen-bond acceptors (Lipinski definition) is 0. The average Bonchev–Trinajstić information content (AvgIpc) is 1.80. The van der Waals surface area contributed by atoms with Crippen LogP contribution in [0.4, 0.5) is 0 Å². The number of rotatable bonds is 2. The summed E-state index contributed by atoms with van der Waals surface area (Å²) < 4.78 is 44.1. The van der Waals surface area contributed by atoms with Gasteiger partial charge < -0.3 is 0 Å². The van der Waals surface area contributed by atoms with Crippen LogP contribution in [-0.2, 0) is 0 Å². The van der Waals surface area contributed by atoms with Gasteiger partial charge in [0, 0.05) is 8.22 Å². The third kappa shape index (κ3) is 2.67. The first-order valence-electron chi connectivity index (χ1n) is 5.44.